The standard InChI is InChI=1S/C17H23FN2O2S/c1-5-17(22,6-2)16(4)14(21)20-15(23-16)19-11(3)12-7-9-13(18)10-8-12/h7-11,22H,5-6H2,1-4H3,(H,19,20,21)/t11-,16-/m0/s1. The van der Waals surface area contributed by atoms with Crippen molar-refractivity contribution in [2.75, 3.05) is 0 Å². The second kappa shape index (κ2) is 6.61. The molecular weight excluding hydrogens is 315 g/mol. The molecule has 1 amide bonds. The molecule has 2 rings (SSSR count). The second-order valence-corrected chi connectivity index (χ2v) is 7.40. The Hall–Kier alpha value is -1.40. The molecule has 23 heavy (non-hydrogen) atoms. The van der Waals surface area contributed by atoms with Crippen molar-refractivity contribution in [3.8, 4) is 0 Å². The van der Waals surface area contributed by atoms with Crippen molar-refractivity contribution in [3.05, 3.63) is 35.6 Å². The molecule has 1 aliphatic heterocycles. The van der Waals surface area contributed by atoms with Crippen LogP contribution >= 0.6 is 11.8 Å². The number of hydrogen-bond donors (Lipinski definition) is 2. The molecule has 0 bridgehead atoms. The number of amidine groups is 1. The summed E-state index contributed by atoms with van der Waals surface area (Å²) in [5.41, 5.74) is -0.221. The van der Waals surface area contributed by atoms with E-state index in [0.717, 1.165) is 5.56 Å². The molecule has 1 heterocycles. The molecule has 0 spiro atoms. The Balaban J connectivity index is 2.23. The molecule has 126 valence electrons. The lowest BCUT2D eigenvalue weighted by Crippen LogP contribution is -2.54. The number of carbonyl (C=O) groups excluding carboxylic acids is 1. The fourth-order valence-electron chi connectivity index (χ4n) is 2.76. The van der Waals surface area contributed by atoms with Crippen molar-refractivity contribution in [1.82, 2.24) is 5.32 Å². The lowest BCUT2D eigenvalue weighted by Gasteiger charge is -2.37. The first kappa shape index (κ1) is 17.9. The molecule has 1 fully saturated rings. The van der Waals surface area contributed by atoms with Crippen LogP contribution in [0.4, 0.5) is 4.39 Å². The first-order chi connectivity index (χ1) is 10.8. The van der Waals surface area contributed by atoms with Gasteiger partial charge in [0.2, 0.25) is 5.91 Å². The van der Waals surface area contributed by atoms with Crippen molar-refractivity contribution >= 4 is 22.8 Å². The van der Waals surface area contributed by atoms with Gasteiger partial charge in [0, 0.05) is 0 Å². The third-order valence-electron chi connectivity index (χ3n) is 4.68. The lowest BCUT2D eigenvalue weighted by molar-refractivity contribution is -0.128. The third kappa shape index (κ3) is 3.28. The van der Waals surface area contributed by atoms with Crippen LogP contribution in [0.2, 0.25) is 0 Å². The van der Waals surface area contributed by atoms with Crippen LogP contribution in [-0.2, 0) is 4.79 Å². The molecule has 1 aliphatic rings. The highest BCUT2D eigenvalue weighted by atomic mass is 32.2. The van der Waals surface area contributed by atoms with Gasteiger partial charge in [0.1, 0.15) is 10.6 Å². The van der Waals surface area contributed by atoms with Gasteiger partial charge in [-0.2, -0.15) is 0 Å². The van der Waals surface area contributed by atoms with Crippen molar-refractivity contribution < 1.29 is 14.3 Å². The number of halogens is 1. The van der Waals surface area contributed by atoms with Gasteiger partial charge in [-0.1, -0.05) is 37.7 Å². The Bertz CT molecular complexity index is 614. The molecule has 0 aromatic heterocycles. The Kier molecular flexibility index (Phi) is 5.16. The van der Waals surface area contributed by atoms with Crippen LogP contribution < -0.4 is 5.32 Å². The van der Waals surface area contributed by atoms with Gasteiger partial charge in [-0.05, 0) is 44.4 Å². The molecule has 4 nitrogen and oxygen atoms in total. The summed E-state index contributed by atoms with van der Waals surface area (Å²) in [4.78, 5) is 16.9. The highest BCUT2D eigenvalue weighted by Gasteiger charge is 2.55. The van der Waals surface area contributed by atoms with Gasteiger partial charge in [-0.3, -0.25) is 9.79 Å². The maximum Gasteiger partial charge on any atom is 0.245 e. The van der Waals surface area contributed by atoms with E-state index in [1.807, 2.05) is 20.8 Å². The molecule has 1 aromatic carbocycles. The predicted octanol–water partition coefficient (Wildman–Crippen LogP) is 3.42. The van der Waals surface area contributed by atoms with E-state index in [1.165, 1.54) is 23.9 Å². The molecular formula is C17H23FN2O2S. The van der Waals surface area contributed by atoms with Crippen LogP contribution in [0.3, 0.4) is 0 Å². The molecule has 0 saturated carbocycles. The monoisotopic (exact) mass is 338 g/mol. The van der Waals surface area contributed by atoms with Crippen LogP contribution in [0, 0.1) is 5.82 Å². The van der Waals surface area contributed by atoms with Gasteiger partial charge in [0.15, 0.2) is 5.17 Å². The minimum Gasteiger partial charge on any atom is -0.388 e. The first-order valence-corrected chi connectivity index (χ1v) is 8.63. The number of carbonyl (C=O) groups is 1. The zero-order valence-corrected chi connectivity index (χ0v) is 14.7. The number of benzene rings is 1. The summed E-state index contributed by atoms with van der Waals surface area (Å²) in [5, 5.41) is 14.0. The largest absolute Gasteiger partial charge is 0.388 e. The van der Waals surface area contributed by atoms with Gasteiger partial charge in [-0.25, -0.2) is 4.39 Å². The number of aliphatic hydroxyl groups is 1. The van der Waals surface area contributed by atoms with Gasteiger partial charge in [-0.15, -0.1) is 0 Å². The normalized spacial score (nSPS) is 24.8. The Labute approximate surface area is 140 Å². The summed E-state index contributed by atoms with van der Waals surface area (Å²) in [6.45, 7) is 7.39. The van der Waals surface area contributed by atoms with E-state index >= 15 is 0 Å². The maximum atomic E-state index is 13.0. The van der Waals surface area contributed by atoms with Crippen molar-refractivity contribution in [2.24, 2.45) is 4.99 Å². The fraction of sp³-hybridized carbons (Fsp3) is 0.529. The van der Waals surface area contributed by atoms with E-state index in [2.05, 4.69) is 10.3 Å². The zero-order chi connectivity index (χ0) is 17.3. The van der Waals surface area contributed by atoms with Crippen molar-refractivity contribution in [3.63, 3.8) is 0 Å². The van der Waals surface area contributed by atoms with Crippen LogP contribution in [0.1, 0.15) is 52.1 Å². The summed E-state index contributed by atoms with van der Waals surface area (Å²) in [6.07, 6.45) is 0.975. The van der Waals surface area contributed by atoms with E-state index in [9.17, 15) is 14.3 Å². The number of amides is 1. The first-order valence-electron chi connectivity index (χ1n) is 7.82. The topological polar surface area (TPSA) is 61.7 Å². The second-order valence-electron chi connectivity index (χ2n) is 5.99. The summed E-state index contributed by atoms with van der Waals surface area (Å²) < 4.78 is 12.0. The number of aliphatic imine (C=N–C) groups is 1. The van der Waals surface area contributed by atoms with Crippen molar-refractivity contribution in [2.45, 2.75) is 56.9 Å². The van der Waals surface area contributed by atoms with Gasteiger partial charge in [0.05, 0.1) is 11.6 Å². The quantitative estimate of drug-likeness (QED) is 0.865. The summed E-state index contributed by atoms with van der Waals surface area (Å²) in [6, 6.07) is 5.93. The molecule has 6 heteroatoms. The minimum atomic E-state index is -1.09. The van der Waals surface area contributed by atoms with E-state index in [0.29, 0.717) is 18.0 Å². The van der Waals surface area contributed by atoms with Crippen LogP contribution in [0.25, 0.3) is 0 Å². The average molecular weight is 338 g/mol. The summed E-state index contributed by atoms with van der Waals surface area (Å²) >= 11 is 1.27. The van der Waals surface area contributed by atoms with Gasteiger partial charge in [0.25, 0.3) is 0 Å². The number of nitrogens with zero attached hydrogens (tertiary/aromatic N) is 1. The Morgan fingerprint density at radius 3 is 2.43 bits per heavy atom. The molecule has 0 unspecified atom stereocenters. The maximum absolute atomic E-state index is 13.0. The van der Waals surface area contributed by atoms with E-state index < -0.39 is 10.3 Å². The van der Waals surface area contributed by atoms with Crippen molar-refractivity contribution in [1.29, 1.82) is 0 Å². The lowest BCUT2D eigenvalue weighted by atomic mass is 9.82. The predicted molar refractivity (Wildman–Crippen MR) is 91.9 cm³/mol. The summed E-state index contributed by atoms with van der Waals surface area (Å²) in [7, 11) is 0. The molecule has 1 saturated heterocycles. The molecule has 1 aromatic rings. The number of thioether (sulfide) groups is 1. The summed E-state index contributed by atoms with van der Waals surface area (Å²) in [5.74, 6) is -0.514. The molecule has 0 aliphatic carbocycles. The fourth-order valence-corrected chi connectivity index (χ4v) is 4.13. The molecule has 2 atom stereocenters. The van der Waals surface area contributed by atoms with E-state index in [-0.39, 0.29) is 17.8 Å². The molecule has 0 radical (unpaired) electrons. The highest BCUT2D eigenvalue weighted by Crippen LogP contribution is 2.44. The van der Waals surface area contributed by atoms with Crippen LogP contribution in [-0.4, -0.2) is 26.5 Å². The Morgan fingerprint density at radius 2 is 1.91 bits per heavy atom. The minimum absolute atomic E-state index is 0.211. The Morgan fingerprint density at radius 1 is 1.35 bits per heavy atom. The van der Waals surface area contributed by atoms with E-state index in [4.69, 9.17) is 0 Å². The number of rotatable bonds is 5. The van der Waals surface area contributed by atoms with Crippen LogP contribution in [0.5, 0.6) is 0 Å². The smallest absolute Gasteiger partial charge is 0.245 e. The van der Waals surface area contributed by atoms with Crippen LogP contribution in [0.15, 0.2) is 29.3 Å². The van der Waals surface area contributed by atoms with Gasteiger partial charge < -0.3 is 10.4 Å². The number of nitrogens with one attached hydrogen (secondary N) is 1. The highest BCUT2D eigenvalue weighted by molar-refractivity contribution is 8.16. The SMILES string of the molecule is CCC(O)(CC)[C@@]1(C)SC(=N[C@@H](C)c2ccc(F)cc2)NC1=O. The molecule has 2 N–H and O–H groups in total. The zero-order valence-electron chi connectivity index (χ0n) is 13.9. The number of hydrogen-bond acceptors (Lipinski definition) is 4. The third-order valence-corrected chi connectivity index (χ3v) is 6.05. The van der Waals surface area contributed by atoms with E-state index in [1.54, 1.807) is 19.1 Å². The van der Waals surface area contributed by atoms with Gasteiger partial charge >= 0.3 is 0 Å². The average Bonchev–Trinajstić information content (AvgIpc) is 2.82.